The van der Waals surface area contributed by atoms with Gasteiger partial charge in [-0.3, -0.25) is 4.99 Å². The van der Waals surface area contributed by atoms with Crippen LogP contribution in [0.5, 0.6) is 5.75 Å². The zero-order valence-corrected chi connectivity index (χ0v) is 10.3. The molecule has 0 bridgehead atoms. The molecule has 1 saturated carbocycles. The molecule has 2 aliphatic rings. The molecule has 102 valence electrons. The largest absolute Gasteiger partial charge is 0.434 e. The van der Waals surface area contributed by atoms with E-state index < -0.39 is 6.61 Å². The number of rotatable bonds is 4. The zero-order valence-electron chi connectivity index (χ0n) is 10.3. The van der Waals surface area contributed by atoms with E-state index in [0.29, 0.717) is 18.5 Å². The van der Waals surface area contributed by atoms with E-state index in [4.69, 9.17) is 5.73 Å². The van der Waals surface area contributed by atoms with Gasteiger partial charge in [-0.15, -0.1) is 0 Å². The molecule has 1 unspecified atom stereocenters. The molecule has 1 heterocycles. The molecule has 6 heteroatoms. The van der Waals surface area contributed by atoms with Gasteiger partial charge in [0.05, 0.1) is 12.6 Å². The second-order valence-corrected chi connectivity index (χ2v) is 4.77. The number of ether oxygens (including phenoxy) is 1. The van der Waals surface area contributed by atoms with Crippen molar-refractivity contribution in [3.05, 3.63) is 29.8 Å². The van der Waals surface area contributed by atoms with Gasteiger partial charge >= 0.3 is 6.61 Å². The predicted molar refractivity (Wildman–Crippen MR) is 67.2 cm³/mol. The monoisotopic (exact) mass is 267 g/mol. The molecule has 1 aliphatic heterocycles. The van der Waals surface area contributed by atoms with Crippen LogP contribution in [0.15, 0.2) is 29.3 Å². The second kappa shape index (κ2) is 4.68. The van der Waals surface area contributed by atoms with Crippen molar-refractivity contribution >= 4 is 5.96 Å². The van der Waals surface area contributed by atoms with Gasteiger partial charge < -0.3 is 15.4 Å². The van der Waals surface area contributed by atoms with Crippen LogP contribution in [0.2, 0.25) is 0 Å². The number of benzene rings is 1. The predicted octanol–water partition coefficient (Wildman–Crippen LogP) is 2.12. The van der Waals surface area contributed by atoms with Gasteiger partial charge in [-0.25, -0.2) is 0 Å². The van der Waals surface area contributed by atoms with E-state index in [9.17, 15) is 8.78 Å². The van der Waals surface area contributed by atoms with Crippen molar-refractivity contribution in [3.63, 3.8) is 0 Å². The Bertz CT molecular complexity index is 502. The fraction of sp³-hybridized carbons (Fsp3) is 0.462. The summed E-state index contributed by atoms with van der Waals surface area (Å²) in [5.74, 6) is 0.706. The van der Waals surface area contributed by atoms with Crippen molar-refractivity contribution in [2.24, 2.45) is 10.7 Å². The van der Waals surface area contributed by atoms with Gasteiger partial charge in [0, 0.05) is 11.6 Å². The Balaban J connectivity index is 1.89. The summed E-state index contributed by atoms with van der Waals surface area (Å²) in [4.78, 5) is 6.26. The molecule has 1 atom stereocenters. The maximum absolute atomic E-state index is 12.4. The van der Waals surface area contributed by atoms with E-state index in [1.165, 1.54) is 0 Å². The van der Waals surface area contributed by atoms with Crippen LogP contribution in [0, 0.1) is 0 Å². The third-order valence-corrected chi connectivity index (χ3v) is 3.46. The maximum atomic E-state index is 12.4. The lowest BCUT2D eigenvalue weighted by molar-refractivity contribution is -0.0509. The fourth-order valence-corrected chi connectivity index (χ4v) is 2.51. The Morgan fingerprint density at radius 1 is 1.32 bits per heavy atom. The van der Waals surface area contributed by atoms with Gasteiger partial charge in [-0.1, -0.05) is 18.2 Å². The molecule has 0 amide bonds. The molecule has 3 rings (SSSR count). The second-order valence-electron chi connectivity index (χ2n) is 4.77. The van der Waals surface area contributed by atoms with Crippen LogP contribution in [-0.2, 0) is 0 Å². The number of aliphatic imine (C=N–C) groups is 1. The third-order valence-electron chi connectivity index (χ3n) is 3.46. The van der Waals surface area contributed by atoms with E-state index in [2.05, 4.69) is 9.73 Å². The Morgan fingerprint density at radius 2 is 2.05 bits per heavy atom. The number of alkyl halides is 2. The Hall–Kier alpha value is -1.85. The lowest BCUT2D eigenvalue weighted by Crippen LogP contribution is -2.37. The number of nitrogens with zero attached hydrogens (tertiary/aromatic N) is 2. The van der Waals surface area contributed by atoms with E-state index >= 15 is 0 Å². The van der Waals surface area contributed by atoms with Crippen LogP contribution in [-0.4, -0.2) is 30.1 Å². The average molecular weight is 267 g/mol. The van der Waals surface area contributed by atoms with Crippen LogP contribution in [0.4, 0.5) is 8.78 Å². The van der Waals surface area contributed by atoms with Crippen molar-refractivity contribution in [1.29, 1.82) is 0 Å². The molecular weight excluding hydrogens is 252 g/mol. The van der Waals surface area contributed by atoms with Crippen molar-refractivity contribution < 1.29 is 13.5 Å². The lowest BCUT2D eigenvalue weighted by Gasteiger charge is -2.27. The summed E-state index contributed by atoms with van der Waals surface area (Å²) in [6.07, 6.45) is 2.15. The molecule has 1 aromatic rings. The highest BCUT2D eigenvalue weighted by Gasteiger charge is 2.40. The van der Waals surface area contributed by atoms with E-state index in [1.807, 2.05) is 11.0 Å². The van der Waals surface area contributed by atoms with Gasteiger partial charge in [0.1, 0.15) is 5.75 Å². The van der Waals surface area contributed by atoms with E-state index in [1.54, 1.807) is 18.2 Å². The quantitative estimate of drug-likeness (QED) is 0.909. The number of hydrogen-bond donors (Lipinski definition) is 1. The molecule has 0 saturated heterocycles. The first-order valence-electron chi connectivity index (χ1n) is 6.29. The molecular formula is C13H15F2N3O. The van der Waals surface area contributed by atoms with Crippen LogP contribution in [0.3, 0.4) is 0 Å². The Kier molecular flexibility index (Phi) is 3.00. The van der Waals surface area contributed by atoms with Gasteiger partial charge in [-0.2, -0.15) is 8.78 Å². The highest BCUT2D eigenvalue weighted by Crippen LogP contribution is 2.40. The average Bonchev–Trinajstić information content (AvgIpc) is 3.13. The van der Waals surface area contributed by atoms with Crippen LogP contribution in [0.1, 0.15) is 24.4 Å². The number of nitrogens with two attached hydrogens (primary N) is 1. The summed E-state index contributed by atoms with van der Waals surface area (Å²) in [6.45, 7) is -2.33. The standard InChI is InChI=1S/C13H15F2N3O/c14-12(15)19-11-4-2-1-3-9(11)10-7-17-13(16)18(10)8-5-6-8/h1-4,8,10,12H,5-7H2,(H2,16,17). The topological polar surface area (TPSA) is 50.9 Å². The van der Waals surface area contributed by atoms with Crippen molar-refractivity contribution in [2.75, 3.05) is 6.54 Å². The molecule has 4 nitrogen and oxygen atoms in total. The highest BCUT2D eigenvalue weighted by atomic mass is 19.3. The summed E-state index contributed by atoms with van der Waals surface area (Å²) in [7, 11) is 0. The van der Waals surface area contributed by atoms with Gasteiger partial charge in [0.15, 0.2) is 5.96 Å². The van der Waals surface area contributed by atoms with Crippen molar-refractivity contribution in [1.82, 2.24) is 4.90 Å². The molecule has 0 spiro atoms. The summed E-state index contributed by atoms with van der Waals surface area (Å²) >= 11 is 0. The summed E-state index contributed by atoms with van der Waals surface area (Å²) in [6, 6.07) is 7.14. The SMILES string of the molecule is NC1=NCC(c2ccccc2OC(F)F)N1C1CC1. The highest BCUT2D eigenvalue weighted by molar-refractivity contribution is 5.81. The van der Waals surface area contributed by atoms with Crippen LogP contribution >= 0.6 is 0 Å². The molecule has 1 fully saturated rings. The van der Waals surface area contributed by atoms with Crippen LogP contribution in [0.25, 0.3) is 0 Å². The summed E-state index contributed by atoms with van der Waals surface area (Å²) < 4.78 is 29.5. The summed E-state index contributed by atoms with van der Waals surface area (Å²) in [5, 5.41) is 0. The Labute approximate surface area is 109 Å². The van der Waals surface area contributed by atoms with E-state index in [0.717, 1.165) is 18.4 Å². The normalized spacial score (nSPS) is 22.8. The third kappa shape index (κ3) is 2.34. The lowest BCUT2D eigenvalue weighted by atomic mass is 10.0. The van der Waals surface area contributed by atoms with Gasteiger partial charge in [-0.05, 0) is 18.9 Å². The van der Waals surface area contributed by atoms with E-state index in [-0.39, 0.29) is 11.8 Å². The Morgan fingerprint density at radius 3 is 2.74 bits per heavy atom. The summed E-state index contributed by atoms with van der Waals surface area (Å²) in [5.41, 5.74) is 6.61. The molecule has 1 aromatic carbocycles. The minimum Gasteiger partial charge on any atom is -0.434 e. The number of guanidine groups is 1. The van der Waals surface area contributed by atoms with Gasteiger partial charge in [0.2, 0.25) is 0 Å². The zero-order chi connectivity index (χ0) is 13.4. The van der Waals surface area contributed by atoms with Crippen molar-refractivity contribution in [3.8, 4) is 5.75 Å². The smallest absolute Gasteiger partial charge is 0.387 e. The maximum Gasteiger partial charge on any atom is 0.387 e. The van der Waals surface area contributed by atoms with Crippen LogP contribution < -0.4 is 10.5 Å². The number of hydrogen-bond acceptors (Lipinski definition) is 4. The fourth-order valence-electron chi connectivity index (χ4n) is 2.51. The first-order valence-corrected chi connectivity index (χ1v) is 6.29. The van der Waals surface area contributed by atoms with Crippen molar-refractivity contribution in [2.45, 2.75) is 31.5 Å². The first kappa shape index (κ1) is 12.2. The number of halogens is 2. The molecule has 1 aliphatic carbocycles. The molecule has 19 heavy (non-hydrogen) atoms. The molecule has 0 aromatic heterocycles. The first-order chi connectivity index (χ1) is 9.16. The minimum absolute atomic E-state index is 0.0950. The number of para-hydroxylation sites is 1. The minimum atomic E-state index is -2.82. The molecule has 0 radical (unpaired) electrons. The molecule has 2 N–H and O–H groups in total. The van der Waals surface area contributed by atoms with Gasteiger partial charge in [0.25, 0.3) is 0 Å².